The first kappa shape index (κ1) is 10.2. The van der Waals surface area contributed by atoms with Gasteiger partial charge in [-0.25, -0.2) is 13.6 Å². The van der Waals surface area contributed by atoms with Gasteiger partial charge in [-0.2, -0.15) is 0 Å². The maximum atomic E-state index is 13.2. The van der Waals surface area contributed by atoms with Gasteiger partial charge in [0.15, 0.2) is 17.4 Å². The van der Waals surface area contributed by atoms with Crippen LogP contribution in [-0.2, 0) is 0 Å². The minimum Gasteiger partial charge on any atom is -0.491 e. The average molecular weight is 203 g/mol. The van der Waals surface area contributed by atoms with E-state index in [0.717, 1.165) is 7.11 Å². The van der Waals surface area contributed by atoms with Crippen LogP contribution in [0.3, 0.4) is 0 Å². The normalized spacial score (nSPS) is 9.93. The van der Waals surface area contributed by atoms with Gasteiger partial charge in [0.2, 0.25) is 0 Å². The maximum Gasteiger partial charge on any atom is 0.338 e. The summed E-state index contributed by atoms with van der Waals surface area (Å²) in [6.45, 7) is 0. The number of nitrogen functional groups attached to an aromatic ring is 1. The fourth-order valence-corrected chi connectivity index (χ4v) is 0.972. The number of carboxylic acids is 1. The van der Waals surface area contributed by atoms with Crippen molar-refractivity contribution in [3.63, 3.8) is 0 Å². The van der Waals surface area contributed by atoms with Gasteiger partial charge in [0.05, 0.1) is 7.11 Å². The SMILES string of the molecule is COc1c(N)c(F)cc(C(=O)O)c1F. The molecule has 1 rings (SSSR count). The number of ether oxygens (including phenoxy) is 1. The number of aromatic carboxylic acids is 1. The van der Waals surface area contributed by atoms with Gasteiger partial charge in [-0.1, -0.05) is 0 Å². The molecule has 6 heteroatoms. The van der Waals surface area contributed by atoms with Crippen molar-refractivity contribution in [1.82, 2.24) is 0 Å². The molecule has 0 saturated carbocycles. The Balaban J connectivity index is 3.50. The number of carboxylic acid groups (broad SMARTS) is 1. The number of carbonyl (C=O) groups is 1. The summed E-state index contributed by atoms with van der Waals surface area (Å²) in [6.07, 6.45) is 0. The summed E-state index contributed by atoms with van der Waals surface area (Å²) < 4.78 is 30.6. The van der Waals surface area contributed by atoms with Crippen LogP contribution in [0.2, 0.25) is 0 Å². The molecule has 0 aliphatic carbocycles. The first-order valence-corrected chi connectivity index (χ1v) is 3.53. The lowest BCUT2D eigenvalue weighted by Crippen LogP contribution is -2.07. The predicted molar refractivity (Wildman–Crippen MR) is 44.3 cm³/mol. The smallest absolute Gasteiger partial charge is 0.338 e. The molecule has 0 radical (unpaired) electrons. The van der Waals surface area contributed by atoms with Crippen LogP contribution in [0.4, 0.5) is 14.5 Å². The van der Waals surface area contributed by atoms with Crippen molar-refractivity contribution in [3.8, 4) is 5.75 Å². The van der Waals surface area contributed by atoms with Crippen LogP contribution in [0.25, 0.3) is 0 Å². The molecule has 0 aromatic heterocycles. The van der Waals surface area contributed by atoms with Crippen LogP contribution in [-0.4, -0.2) is 18.2 Å². The molecule has 76 valence electrons. The van der Waals surface area contributed by atoms with Gasteiger partial charge in [-0.15, -0.1) is 0 Å². The van der Waals surface area contributed by atoms with Gasteiger partial charge >= 0.3 is 5.97 Å². The van der Waals surface area contributed by atoms with Gasteiger partial charge in [0.25, 0.3) is 0 Å². The molecule has 0 aliphatic rings. The molecule has 4 nitrogen and oxygen atoms in total. The third-order valence-electron chi connectivity index (χ3n) is 1.64. The Bertz CT molecular complexity index is 393. The van der Waals surface area contributed by atoms with Crippen molar-refractivity contribution in [1.29, 1.82) is 0 Å². The van der Waals surface area contributed by atoms with E-state index in [2.05, 4.69) is 4.74 Å². The second-order valence-electron chi connectivity index (χ2n) is 2.47. The second kappa shape index (κ2) is 3.49. The monoisotopic (exact) mass is 203 g/mol. The van der Waals surface area contributed by atoms with Crippen molar-refractivity contribution < 1.29 is 23.4 Å². The fraction of sp³-hybridized carbons (Fsp3) is 0.125. The molecule has 3 N–H and O–H groups in total. The first-order chi connectivity index (χ1) is 6.49. The molecule has 0 unspecified atom stereocenters. The third-order valence-corrected chi connectivity index (χ3v) is 1.64. The molecule has 0 saturated heterocycles. The Hall–Kier alpha value is -1.85. The molecule has 0 heterocycles. The van der Waals surface area contributed by atoms with Crippen LogP contribution >= 0.6 is 0 Å². The summed E-state index contributed by atoms with van der Waals surface area (Å²) in [6, 6.07) is 0.509. The number of methoxy groups -OCH3 is 1. The van der Waals surface area contributed by atoms with Crippen molar-refractivity contribution in [2.75, 3.05) is 12.8 Å². The van der Waals surface area contributed by atoms with Gasteiger partial charge < -0.3 is 15.6 Å². The van der Waals surface area contributed by atoms with E-state index in [9.17, 15) is 13.6 Å². The Morgan fingerprint density at radius 1 is 1.57 bits per heavy atom. The summed E-state index contributed by atoms with van der Waals surface area (Å²) in [5.74, 6) is -4.39. The highest BCUT2D eigenvalue weighted by Crippen LogP contribution is 2.30. The summed E-state index contributed by atoms with van der Waals surface area (Å²) >= 11 is 0. The molecule has 0 spiro atoms. The van der Waals surface area contributed by atoms with E-state index in [1.165, 1.54) is 0 Å². The number of rotatable bonds is 2. The quantitative estimate of drug-likeness (QED) is 0.709. The van der Waals surface area contributed by atoms with E-state index >= 15 is 0 Å². The average Bonchev–Trinajstić information content (AvgIpc) is 2.12. The van der Waals surface area contributed by atoms with E-state index in [0.29, 0.717) is 6.07 Å². The number of benzene rings is 1. The Morgan fingerprint density at radius 3 is 2.57 bits per heavy atom. The number of halogens is 2. The van der Waals surface area contributed by atoms with Crippen molar-refractivity contribution >= 4 is 11.7 Å². The third kappa shape index (κ3) is 1.46. The molecule has 0 amide bonds. The fourth-order valence-electron chi connectivity index (χ4n) is 0.972. The van der Waals surface area contributed by atoms with Crippen LogP contribution in [0.15, 0.2) is 6.07 Å². The van der Waals surface area contributed by atoms with Crippen LogP contribution in [0.5, 0.6) is 5.75 Å². The highest BCUT2D eigenvalue weighted by Gasteiger charge is 2.21. The van der Waals surface area contributed by atoms with Crippen LogP contribution < -0.4 is 10.5 Å². The largest absolute Gasteiger partial charge is 0.491 e. The zero-order chi connectivity index (χ0) is 10.9. The molecule has 0 fully saturated rings. The predicted octanol–water partition coefficient (Wildman–Crippen LogP) is 1.25. The van der Waals surface area contributed by atoms with Crippen LogP contribution in [0.1, 0.15) is 10.4 Å². The molecular formula is C8H7F2NO3. The number of hydrogen-bond acceptors (Lipinski definition) is 3. The molecular weight excluding hydrogens is 196 g/mol. The summed E-state index contributed by atoms with van der Waals surface area (Å²) in [5, 5.41) is 8.50. The lowest BCUT2D eigenvalue weighted by molar-refractivity contribution is 0.0690. The van der Waals surface area contributed by atoms with Crippen LogP contribution in [0, 0.1) is 11.6 Å². The summed E-state index contributed by atoms with van der Waals surface area (Å²) in [4.78, 5) is 10.5. The molecule has 0 bridgehead atoms. The Labute approximate surface area is 77.9 Å². The topological polar surface area (TPSA) is 72.5 Å². The first-order valence-electron chi connectivity index (χ1n) is 3.53. The lowest BCUT2D eigenvalue weighted by Gasteiger charge is -2.08. The van der Waals surface area contributed by atoms with Crippen molar-refractivity contribution in [3.05, 3.63) is 23.3 Å². The molecule has 0 aliphatic heterocycles. The van der Waals surface area contributed by atoms with E-state index in [1.54, 1.807) is 0 Å². The second-order valence-corrected chi connectivity index (χ2v) is 2.47. The standard InChI is InChI=1S/C8H7F2NO3/c1-14-7-5(10)3(8(12)13)2-4(9)6(7)11/h2H,11H2,1H3,(H,12,13). The minimum absolute atomic E-state index is 0.509. The summed E-state index contributed by atoms with van der Waals surface area (Å²) in [5.41, 5.74) is 3.77. The molecule has 14 heavy (non-hydrogen) atoms. The zero-order valence-corrected chi connectivity index (χ0v) is 7.17. The van der Waals surface area contributed by atoms with Gasteiger partial charge in [-0.3, -0.25) is 0 Å². The number of anilines is 1. The number of hydrogen-bond donors (Lipinski definition) is 2. The molecule has 0 atom stereocenters. The minimum atomic E-state index is -1.58. The number of nitrogens with two attached hydrogens (primary N) is 1. The van der Waals surface area contributed by atoms with Gasteiger partial charge in [-0.05, 0) is 6.07 Å². The zero-order valence-electron chi connectivity index (χ0n) is 7.17. The highest BCUT2D eigenvalue weighted by molar-refractivity contribution is 5.89. The Kier molecular flexibility index (Phi) is 2.55. The van der Waals surface area contributed by atoms with E-state index in [-0.39, 0.29) is 0 Å². The maximum absolute atomic E-state index is 13.2. The van der Waals surface area contributed by atoms with E-state index < -0.39 is 34.6 Å². The van der Waals surface area contributed by atoms with Crippen molar-refractivity contribution in [2.45, 2.75) is 0 Å². The van der Waals surface area contributed by atoms with E-state index in [1.807, 2.05) is 0 Å². The van der Waals surface area contributed by atoms with Gasteiger partial charge in [0, 0.05) is 0 Å². The van der Waals surface area contributed by atoms with Crippen molar-refractivity contribution in [2.24, 2.45) is 0 Å². The molecule has 1 aromatic carbocycles. The lowest BCUT2D eigenvalue weighted by atomic mass is 10.1. The molecule has 1 aromatic rings. The van der Waals surface area contributed by atoms with E-state index in [4.69, 9.17) is 10.8 Å². The van der Waals surface area contributed by atoms with Gasteiger partial charge in [0.1, 0.15) is 11.3 Å². The highest BCUT2D eigenvalue weighted by atomic mass is 19.1. The summed E-state index contributed by atoms with van der Waals surface area (Å²) in [7, 11) is 1.07. The Morgan fingerprint density at radius 2 is 2.14 bits per heavy atom.